The topological polar surface area (TPSA) is 88.0 Å². The van der Waals surface area contributed by atoms with Crippen molar-refractivity contribution in [3.8, 4) is 0 Å². The molecular weight excluding hydrogens is 294 g/mol. The molecule has 3 heterocycles. The summed E-state index contributed by atoms with van der Waals surface area (Å²) in [6, 6.07) is -0.116. The third-order valence-electron chi connectivity index (χ3n) is 4.11. The van der Waals surface area contributed by atoms with Crippen LogP contribution < -0.4 is 15.5 Å². The number of piperidine rings is 1. The molecule has 1 aliphatic heterocycles. The van der Waals surface area contributed by atoms with Crippen LogP contribution in [0.15, 0.2) is 24.8 Å². The monoisotopic (exact) mass is 315 g/mol. The minimum absolute atomic E-state index is 0.0859. The van der Waals surface area contributed by atoms with Gasteiger partial charge in [0.05, 0.1) is 23.8 Å². The van der Waals surface area contributed by atoms with E-state index in [1.165, 1.54) is 0 Å². The lowest BCUT2D eigenvalue weighted by atomic mass is 10.1. The Morgan fingerprint density at radius 3 is 2.91 bits per heavy atom. The number of hydrogen-bond acceptors (Lipinski definition) is 5. The third kappa shape index (κ3) is 3.58. The van der Waals surface area contributed by atoms with Crippen LogP contribution >= 0.6 is 0 Å². The Bertz CT molecular complexity index is 670. The molecule has 0 aliphatic carbocycles. The molecule has 1 atom stereocenters. The van der Waals surface area contributed by atoms with E-state index in [1.54, 1.807) is 29.5 Å². The van der Waals surface area contributed by atoms with Gasteiger partial charge in [0.15, 0.2) is 0 Å². The molecule has 8 heteroatoms. The lowest BCUT2D eigenvalue weighted by molar-refractivity contribution is 0.246. The number of anilines is 2. The fourth-order valence-electron chi connectivity index (χ4n) is 2.72. The molecule has 0 bridgehead atoms. The van der Waals surface area contributed by atoms with Crippen LogP contribution in [0.25, 0.3) is 0 Å². The van der Waals surface area contributed by atoms with Gasteiger partial charge >= 0.3 is 6.03 Å². The summed E-state index contributed by atoms with van der Waals surface area (Å²) in [6.07, 6.45) is 8.71. The molecule has 1 aliphatic rings. The number of hydrogen-bond donors (Lipinski definition) is 2. The van der Waals surface area contributed by atoms with Crippen molar-refractivity contribution in [1.29, 1.82) is 0 Å². The third-order valence-corrected chi connectivity index (χ3v) is 4.11. The fourth-order valence-corrected chi connectivity index (χ4v) is 2.72. The molecular formula is C15H21N7O. The smallest absolute Gasteiger partial charge is 0.319 e. The van der Waals surface area contributed by atoms with E-state index >= 15 is 0 Å². The van der Waals surface area contributed by atoms with Gasteiger partial charge in [-0.15, -0.1) is 0 Å². The highest BCUT2D eigenvalue weighted by atomic mass is 16.2. The van der Waals surface area contributed by atoms with Crippen molar-refractivity contribution in [2.45, 2.75) is 25.8 Å². The van der Waals surface area contributed by atoms with Crippen LogP contribution in [0.3, 0.4) is 0 Å². The highest BCUT2D eigenvalue weighted by Gasteiger charge is 2.22. The summed E-state index contributed by atoms with van der Waals surface area (Å²) >= 11 is 0. The van der Waals surface area contributed by atoms with Gasteiger partial charge < -0.3 is 15.5 Å². The number of carbonyl (C=O) groups excluding carboxylic acids is 1. The maximum Gasteiger partial charge on any atom is 0.319 e. The number of nitrogens with one attached hydrogen (secondary N) is 2. The van der Waals surface area contributed by atoms with E-state index in [9.17, 15) is 4.79 Å². The van der Waals surface area contributed by atoms with E-state index in [0.29, 0.717) is 0 Å². The van der Waals surface area contributed by atoms with Crippen LogP contribution in [0, 0.1) is 6.92 Å². The zero-order chi connectivity index (χ0) is 16.2. The first-order chi connectivity index (χ1) is 11.1. The molecule has 23 heavy (non-hydrogen) atoms. The second-order valence-electron chi connectivity index (χ2n) is 5.71. The van der Waals surface area contributed by atoms with Gasteiger partial charge in [0.25, 0.3) is 0 Å². The molecule has 8 nitrogen and oxygen atoms in total. The zero-order valence-electron chi connectivity index (χ0n) is 13.4. The molecule has 3 rings (SSSR count). The van der Waals surface area contributed by atoms with Gasteiger partial charge in [-0.25, -0.2) is 9.78 Å². The normalized spacial score (nSPS) is 17.8. The molecule has 0 aromatic carbocycles. The van der Waals surface area contributed by atoms with Crippen LogP contribution in [-0.4, -0.2) is 44.9 Å². The number of aromatic nitrogens is 4. The van der Waals surface area contributed by atoms with E-state index in [4.69, 9.17) is 0 Å². The van der Waals surface area contributed by atoms with E-state index in [-0.39, 0.29) is 12.1 Å². The van der Waals surface area contributed by atoms with Crippen molar-refractivity contribution in [3.63, 3.8) is 0 Å². The molecule has 0 saturated carbocycles. The first kappa shape index (κ1) is 15.3. The van der Waals surface area contributed by atoms with E-state index in [2.05, 4.69) is 30.6 Å². The van der Waals surface area contributed by atoms with Crippen LogP contribution in [0.1, 0.15) is 18.5 Å². The molecule has 2 N–H and O–H groups in total. The van der Waals surface area contributed by atoms with Crippen molar-refractivity contribution in [2.75, 3.05) is 23.3 Å². The summed E-state index contributed by atoms with van der Waals surface area (Å²) in [5.41, 5.74) is 1.65. The average molecular weight is 315 g/mol. The number of nitrogens with zero attached hydrogens (tertiary/aromatic N) is 5. The Balaban J connectivity index is 1.57. The predicted octanol–water partition coefficient (Wildman–Crippen LogP) is 1.31. The molecule has 0 radical (unpaired) electrons. The minimum atomic E-state index is -0.202. The van der Waals surface area contributed by atoms with Gasteiger partial charge in [-0.05, 0) is 19.8 Å². The van der Waals surface area contributed by atoms with Gasteiger partial charge in [-0.1, -0.05) is 0 Å². The molecule has 1 unspecified atom stereocenters. The molecule has 0 spiro atoms. The standard InChI is InChI=1S/C15H21N7O/c1-11-13(8-18-21(11)2)20-15(23)19-12-4-3-7-22(10-12)14-9-16-5-6-17-14/h5-6,8-9,12H,3-4,7,10H2,1-2H3,(H2,19,20,23). The van der Waals surface area contributed by atoms with E-state index in [0.717, 1.165) is 43.1 Å². The van der Waals surface area contributed by atoms with Crippen LogP contribution in [0.2, 0.25) is 0 Å². The second-order valence-corrected chi connectivity index (χ2v) is 5.71. The molecule has 2 aromatic heterocycles. The van der Waals surface area contributed by atoms with Gasteiger partial charge in [-0.2, -0.15) is 5.10 Å². The van der Waals surface area contributed by atoms with E-state index < -0.39 is 0 Å². The molecule has 2 aromatic rings. The van der Waals surface area contributed by atoms with Crippen molar-refractivity contribution in [2.24, 2.45) is 7.05 Å². The minimum Gasteiger partial charge on any atom is -0.353 e. The summed E-state index contributed by atoms with van der Waals surface area (Å²) in [7, 11) is 1.85. The number of rotatable bonds is 3. The predicted molar refractivity (Wildman–Crippen MR) is 87.4 cm³/mol. The van der Waals surface area contributed by atoms with Crippen LogP contribution in [0.5, 0.6) is 0 Å². The van der Waals surface area contributed by atoms with Gasteiger partial charge in [0.2, 0.25) is 0 Å². The Hall–Kier alpha value is -2.64. The Labute approximate surface area is 134 Å². The first-order valence-corrected chi connectivity index (χ1v) is 7.70. The van der Waals surface area contributed by atoms with Crippen molar-refractivity contribution in [3.05, 3.63) is 30.5 Å². The Morgan fingerprint density at radius 1 is 1.35 bits per heavy atom. The largest absolute Gasteiger partial charge is 0.353 e. The lowest BCUT2D eigenvalue weighted by Crippen LogP contribution is -2.49. The zero-order valence-corrected chi connectivity index (χ0v) is 13.4. The van der Waals surface area contributed by atoms with Crippen molar-refractivity contribution in [1.82, 2.24) is 25.1 Å². The average Bonchev–Trinajstić information content (AvgIpc) is 2.88. The summed E-state index contributed by atoms with van der Waals surface area (Å²) in [5.74, 6) is 0.850. The number of aryl methyl sites for hydroxylation is 1. The SMILES string of the molecule is Cc1c(NC(=O)NC2CCCN(c3cnccn3)C2)cnn1C. The van der Waals surface area contributed by atoms with Crippen molar-refractivity contribution >= 4 is 17.5 Å². The maximum atomic E-state index is 12.2. The molecule has 2 amide bonds. The number of urea groups is 1. The second kappa shape index (κ2) is 6.64. The number of carbonyl (C=O) groups is 1. The van der Waals surface area contributed by atoms with Gasteiger partial charge in [-0.3, -0.25) is 9.67 Å². The highest BCUT2D eigenvalue weighted by molar-refractivity contribution is 5.89. The highest BCUT2D eigenvalue weighted by Crippen LogP contribution is 2.17. The summed E-state index contributed by atoms with van der Waals surface area (Å²) < 4.78 is 1.73. The van der Waals surface area contributed by atoms with Gasteiger partial charge in [0.1, 0.15) is 5.82 Å². The van der Waals surface area contributed by atoms with Gasteiger partial charge in [0, 0.05) is 38.6 Å². The summed E-state index contributed by atoms with van der Waals surface area (Å²) in [5, 5.41) is 10.00. The van der Waals surface area contributed by atoms with Crippen LogP contribution in [0.4, 0.5) is 16.3 Å². The van der Waals surface area contributed by atoms with E-state index in [1.807, 2.05) is 14.0 Å². The molecule has 1 fully saturated rings. The lowest BCUT2D eigenvalue weighted by Gasteiger charge is -2.33. The molecule has 1 saturated heterocycles. The fraction of sp³-hybridized carbons (Fsp3) is 0.467. The Morgan fingerprint density at radius 2 is 2.22 bits per heavy atom. The first-order valence-electron chi connectivity index (χ1n) is 7.70. The summed E-state index contributed by atoms with van der Waals surface area (Å²) in [6.45, 7) is 3.58. The maximum absolute atomic E-state index is 12.2. The Kier molecular flexibility index (Phi) is 4.40. The summed E-state index contributed by atoms with van der Waals surface area (Å²) in [4.78, 5) is 22.8. The van der Waals surface area contributed by atoms with Crippen molar-refractivity contribution < 1.29 is 4.79 Å². The van der Waals surface area contributed by atoms with Crippen LogP contribution in [-0.2, 0) is 7.05 Å². The number of amides is 2. The molecule has 122 valence electrons. The quantitative estimate of drug-likeness (QED) is 0.891.